The summed E-state index contributed by atoms with van der Waals surface area (Å²) >= 11 is 7.63. The molecule has 3 N–H and O–H groups in total. The first-order valence-corrected chi connectivity index (χ1v) is 8.94. The number of nitrogens with two attached hydrogens (primary N) is 1. The normalized spacial score (nSPS) is 10.8. The van der Waals surface area contributed by atoms with Gasteiger partial charge in [0.2, 0.25) is 0 Å². The smallest absolute Gasteiger partial charge is 0.192 e. The van der Waals surface area contributed by atoms with Crippen LogP contribution in [0.4, 0.5) is 5.82 Å². The Bertz CT molecular complexity index is 918. The molecular formula is C16H16ClN7S. The second-order valence-corrected chi connectivity index (χ2v) is 6.42. The third-order valence-corrected chi connectivity index (χ3v) is 4.46. The molecule has 0 saturated carbocycles. The molecule has 0 unspecified atom stereocenters. The lowest BCUT2D eigenvalue weighted by Gasteiger charge is -2.08. The number of thioether (sulfide) groups is 1. The first kappa shape index (κ1) is 17.5. The Balaban J connectivity index is 2.02. The van der Waals surface area contributed by atoms with Gasteiger partial charge in [-0.15, -0.1) is 11.5 Å². The van der Waals surface area contributed by atoms with E-state index in [1.165, 1.54) is 11.8 Å². The number of aromatic nitrogens is 5. The van der Waals surface area contributed by atoms with Crippen LogP contribution in [0, 0.1) is 12.3 Å². The fraction of sp³-hybridized carbons (Fsp3) is 0.250. The van der Waals surface area contributed by atoms with Crippen molar-refractivity contribution < 1.29 is 0 Å². The number of hydrogen-bond acceptors (Lipinski definition) is 7. The lowest BCUT2D eigenvalue weighted by atomic mass is 10.2. The summed E-state index contributed by atoms with van der Waals surface area (Å²) < 4.78 is 1.70. The topological polar surface area (TPSA) is 94.5 Å². The summed E-state index contributed by atoms with van der Waals surface area (Å²) in [7, 11) is 0. The minimum absolute atomic E-state index is 0.461. The Kier molecular flexibility index (Phi) is 5.71. The van der Waals surface area contributed by atoms with E-state index in [2.05, 4.69) is 31.5 Å². The van der Waals surface area contributed by atoms with Gasteiger partial charge in [-0.25, -0.2) is 14.6 Å². The SMILES string of the molecule is C#CCSc1nc(NCCN)c2nnn(Cc3ccccc3Cl)c2n1. The number of benzene rings is 1. The molecule has 2 aromatic heterocycles. The number of terminal acetylenes is 1. The zero-order valence-corrected chi connectivity index (χ0v) is 14.9. The molecule has 0 aliphatic rings. The number of nitrogens with zero attached hydrogens (tertiary/aromatic N) is 5. The highest BCUT2D eigenvalue weighted by Gasteiger charge is 2.15. The van der Waals surface area contributed by atoms with Gasteiger partial charge in [0.15, 0.2) is 22.1 Å². The molecule has 0 saturated heterocycles. The largest absolute Gasteiger partial charge is 0.367 e. The van der Waals surface area contributed by atoms with Crippen LogP contribution in [0.2, 0.25) is 5.02 Å². The van der Waals surface area contributed by atoms with Crippen LogP contribution in [0.25, 0.3) is 11.2 Å². The van der Waals surface area contributed by atoms with Gasteiger partial charge >= 0.3 is 0 Å². The predicted molar refractivity (Wildman–Crippen MR) is 101 cm³/mol. The van der Waals surface area contributed by atoms with E-state index >= 15 is 0 Å². The quantitative estimate of drug-likeness (QED) is 0.371. The van der Waals surface area contributed by atoms with Gasteiger partial charge in [0.25, 0.3) is 0 Å². The Labute approximate surface area is 154 Å². The number of rotatable bonds is 7. The van der Waals surface area contributed by atoms with Gasteiger partial charge in [0.1, 0.15) is 0 Å². The summed E-state index contributed by atoms with van der Waals surface area (Å²) in [5, 5.41) is 12.8. The minimum atomic E-state index is 0.461. The lowest BCUT2D eigenvalue weighted by molar-refractivity contribution is 0.662. The van der Waals surface area contributed by atoms with E-state index in [0.717, 1.165) is 5.56 Å². The molecule has 3 rings (SSSR count). The molecule has 3 aromatic rings. The molecular weight excluding hydrogens is 358 g/mol. The van der Waals surface area contributed by atoms with E-state index in [1.54, 1.807) is 4.68 Å². The summed E-state index contributed by atoms with van der Waals surface area (Å²) in [5.41, 5.74) is 7.71. The maximum absolute atomic E-state index is 6.25. The third kappa shape index (κ3) is 4.02. The second kappa shape index (κ2) is 8.16. The van der Waals surface area contributed by atoms with E-state index in [1.807, 2.05) is 24.3 Å². The minimum Gasteiger partial charge on any atom is -0.367 e. The molecule has 1 aromatic carbocycles. The number of halogens is 1. The average Bonchev–Trinajstić information content (AvgIpc) is 3.03. The van der Waals surface area contributed by atoms with Crippen LogP contribution in [0.15, 0.2) is 29.4 Å². The molecule has 0 bridgehead atoms. The summed E-state index contributed by atoms with van der Waals surface area (Å²) in [4.78, 5) is 9.01. The van der Waals surface area contributed by atoms with Crippen LogP contribution in [-0.2, 0) is 6.54 Å². The fourth-order valence-electron chi connectivity index (χ4n) is 2.22. The van der Waals surface area contributed by atoms with Gasteiger partial charge in [-0.2, -0.15) is 0 Å². The second-order valence-electron chi connectivity index (χ2n) is 5.07. The Morgan fingerprint density at radius 2 is 2.16 bits per heavy atom. The average molecular weight is 374 g/mol. The Hall–Kier alpha value is -2.34. The molecule has 128 valence electrons. The zero-order valence-electron chi connectivity index (χ0n) is 13.3. The third-order valence-electron chi connectivity index (χ3n) is 3.34. The molecule has 0 amide bonds. The van der Waals surface area contributed by atoms with Crippen molar-refractivity contribution in [1.29, 1.82) is 0 Å². The molecule has 0 aliphatic heterocycles. The maximum atomic E-state index is 6.25. The van der Waals surface area contributed by atoms with E-state index in [-0.39, 0.29) is 0 Å². The van der Waals surface area contributed by atoms with Crippen molar-refractivity contribution in [2.24, 2.45) is 5.73 Å². The molecule has 25 heavy (non-hydrogen) atoms. The molecule has 0 spiro atoms. The van der Waals surface area contributed by atoms with Crippen molar-refractivity contribution in [1.82, 2.24) is 25.0 Å². The number of hydrogen-bond donors (Lipinski definition) is 2. The highest BCUT2D eigenvalue weighted by Crippen LogP contribution is 2.24. The summed E-state index contributed by atoms with van der Waals surface area (Å²) in [6.07, 6.45) is 5.33. The van der Waals surface area contributed by atoms with Gasteiger partial charge in [-0.3, -0.25) is 0 Å². The fourth-order valence-corrected chi connectivity index (χ4v) is 2.93. The zero-order chi connectivity index (χ0) is 17.6. The monoisotopic (exact) mass is 373 g/mol. The van der Waals surface area contributed by atoms with Crippen LogP contribution in [0.1, 0.15) is 5.56 Å². The standard InChI is InChI=1S/C16H16ClN7S/c1-2-9-25-16-20-14(19-8-7-18)13-15(21-16)24(23-22-13)10-11-5-3-4-6-12(11)17/h1,3-6H,7-10,18H2,(H,19,20,21). The van der Waals surface area contributed by atoms with Crippen molar-refractivity contribution >= 4 is 40.3 Å². The molecule has 2 heterocycles. The number of anilines is 1. The van der Waals surface area contributed by atoms with Crippen LogP contribution in [0.3, 0.4) is 0 Å². The molecule has 0 aliphatic carbocycles. The van der Waals surface area contributed by atoms with Crippen molar-refractivity contribution in [3.63, 3.8) is 0 Å². The van der Waals surface area contributed by atoms with Crippen molar-refractivity contribution in [3.8, 4) is 12.3 Å². The maximum Gasteiger partial charge on any atom is 0.192 e. The predicted octanol–water partition coefficient (Wildman–Crippen LogP) is 2.02. The summed E-state index contributed by atoms with van der Waals surface area (Å²) in [6.45, 7) is 1.51. The molecule has 0 atom stereocenters. The van der Waals surface area contributed by atoms with E-state index in [4.69, 9.17) is 23.8 Å². The van der Waals surface area contributed by atoms with Crippen LogP contribution in [0.5, 0.6) is 0 Å². The molecule has 7 nitrogen and oxygen atoms in total. The van der Waals surface area contributed by atoms with E-state index in [9.17, 15) is 0 Å². The Morgan fingerprint density at radius 1 is 1.32 bits per heavy atom. The van der Waals surface area contributed by atoms with E-state index < -0.39 is 0 Å². The lowest BCUT2D eigenvalue weighted by Crippen LogP contribution is -2.14. The molecule has 9 heteroatoms. The first-order valence-electron chi connectivity index (χ1n) is 7.57. The van der Waals surface area contributed by atoms with Crippen LogP contribution in [-0.4, -0.2) is 43.8 Å². The van der Waals surface area contributed by atoms with Crippen LogP contribution < -0.4 is 11.1 Å². The molecule has 0 fully saturated rings. The van der Waals surface area contributed by atoms with Gasteiger partial charge < -0.3 is 11.1 Å². The molecule has 0 radical (unpaired) electrons. The first-order chi connectivity index (χ1) is 12.2. The highest BCUT2D eigenvalue weighted by molar-refractivity contribution is 7.99. The summed E-state index contributed by atoms with van der Waals surface area (Å²) in [6, 6.07) is 7.60. The number of nitrogens with one attached hydrogen (secondary N) is 1. The van der Waals surface area contributed by atoms with Gasteiger partial charge in [0, 0.05) is 18.1 Å². The van der Waals surface area contributed by atoms with Crippen molar-refractivity contribution in [2.75, 3.05) is 24.2 Å². The summed E-state index contributed by atoms with van der Waals surface area (Å²) in [5.74, 6) is 3.65. The van der Waals surface area contributed by atoms with Gasteiger partial charge in [-0.05, 0) is 11.6 Å². The Morgan fingerprint density at radius 3 is 2.92 bits per heavy atom. The number of fused-ring (bicyclic) bond motifs is 1. The highest BCUT2D eigenvalue weighted by atomic mass is 35.5. The van der Waals surface area contributed by atoms with Gasteiger partial charge in [0.05, 0.1) is 12.3 Å². The van der Waals surface area contributed by atoms with Crippen molar-refractivity contribution in [3.05, 3.63) is 34.9 Å². The van der Waals surface area contributed by atoms with E-state index in [0.29, 0.717) is 52.5 Å². The van der Waals surface area contributed by atoms with Crippen LogP contribution >= 0.6 is 23.4 Å². The van der Waals surface area contributed by atoms with Crippen molar-refractivity contribution in [2.45, 2.75) is 11.7 Å². The van der Waals surface area contributed by atoms with Gasteiger partial charge in [-0.1, -0.05) is 52.7 Å².